The molecule has 2 aromatic rings. The minimum Gasteiger partial charge on any atom is -0.359 e. The van der Waals surface area contributed by atoms with E-state index in [1.165, 1.54) is 5.56 Å². The van der Waals surface area contributed by atoms with Crippen LogP contribution >= 0.6 is 39.9 Å². The summed E-state index contributed by atoms with van der Waals surface area (Å²) < 4.78 is 6.44. The van der Waals surface area contributed by atoms with Crippen LogP contribution in [0.3, 0.4) is 0 Å². The average molecular weight is 507 g/mol. The van der Waals surface area contributed by atoms with Gasteiger partial charge in [0.15, 0.2) is 11.7 Å². The van der Waals surface area contributed by atoms with E-state index in [4.69, 9.17) is 4.52 Å². The molecule has 0 bridgehead atoms. The first-order valence-corrected chi connectivity index (χ1v) is 8.41. The van der Waals surface area contributed by atoms with Crippen LogP contribution < -0.4 is 5.32 Å². The molecule has 132 valence electrons. The molecule has 1 aromatic carbocycles. The summed E-state index contributed by atoms with van der Waals surface area (Å²) in [6.07, 6.45) is 0. The van der Waals surface area contributed by atoms with Crippen LogP contribution in [-0.2, 0) is 13.1 Å². The Labute approximate surface area is 169 Å². The molecule has 0 saturated heterocycles. The van der Waals surface area contributed by atoms with E-state index in [0.29, 0.717) is 12.5 Å². The molecule has 0 amide bonds. The summed E-state index contributed by atoms with van der Waals surface area (Å²) in [6, 6.07) is 10.2. The molecule has 24 heavy (non-hydrogen) atoms. The van der Waals surface area contributed by atoms with Crippen molar-refractivity contribution in [1.29, 1.82) is 0 Å². The van der Waals surface area contributed by atoms with Gasteiger partial charge in [0.25, 0.3) is 0 Å². The van der Waals surface area contributed by atoms with E-state index in [1.54, 1.807) is 7.05 Å². The normalized spacial score (nSPS) is 11.3. The lowest BCUT2D eigenvalue weighted by Crippen LogP contribution is -2.38. The van der Waals surface area contributed by atoms with Gasteiger partial charge in [-0.05, 0) is 17.5 Å². The third-order valence-corrected chi connectivity index (χ3v) is 4.30. The molecule has 0 aliphatic carbocycles. The summed E-state index contributed by atoms with van der Waals surface area (Å²) >= 11 is 3.58. The number of nitrogens with one attached hydrogen (secondary N) is 1. The van der Waals surface area contributed by atoms with Gasteiger partial charge in [0.2, 0.25) is 0 Å². The monoisotopic (exact) mass is 506 g/mol. The predicted molar refractivity (Wildman–Crippen MR) is 112 cm³/mol. The van der Waals surface area contributed by atoms with Crippen LogP contribution in [0.15, 0.2) is 44.3 Å². The number of aliphatic imine (C=N–C) groups is 1. The van der Waals surface area contributed by atoms with Crippen LogP contribution in [0.2, 0.25) is 0 Å². The fourth-order valence-electron chi connectivity index (χ4n) is 2.19. The number of hydrogen-bond donors (Lipinski definition) is 1. The van der Waals surface area contributed by atoms with Crippen molar-refractivity contribution in [3.8, 4) is 0 Å². The Kier molecular flexibility index (Phi) is 8.75. The Morgan fingerprint density at radius 2 is 2.08 bits per heavy atom. The fraction of sp³-hybridized carbons (Fsp3) is 0.412. The standard InChI is InChI=1S/C17H23BrN4O.HI/c1-12(2)16-9-14(23-21-16)10-20-17(19-3)22(4)11-13-7-5-6-8-15(13)18;/h5-9,12H,10-11H2,1-4H3,(H,19,20);1H. The minimum absolute atomic E-state index is 0. The van der Waals surface area contributed by atoms with E-state index in [9.17, 15) is 0 Å². The van der Waals surface area contributed by atoms with Crippen LogP contribution in [0.25, 0.3) is 0 Å². The maximum absolute atomic E-state index is 5.34. The highest BCUT2D eigenvalue weighted by Crippen LogP contribution is 2.17. The van der Waals surface area contributed by atoms with Crippen molar-refractivity contribution in [1.82, 2.24) is 15.4 Å². The van der Waals surface area contributed by atoms with E-state index in [1.807, 2.05) is 31.3 Å². The highest BCUT2D eigenvalue weighted by atomic mass is 127. The van der Waals surface area contributed by atoms with Crippen molar-refractivity contribution in [2.24, 2.45) is 4.99 Å². The molecule has 1 N–H and O–H groups in total. The minimum atomic E-state index is 0. The van der Waals surface area contributed by atoms with Gasteiger partial charge in [0.05, 0.1) is 12.2 Å². The van der Waals surface area contributed by atoms with Gasteiger partial charge in [-0.15, -0.1) is 24.0 Å². The van der Waals surface area contributed by atoms with Gasteiger partial charge in [-0.3, -0.25) is 4.99 Å². The van der Waals surface area contributed by atoms with E-state index in [0.717, 1.165) is 28.4 Å². The van der Waals surface area contributed by atoms with Crippen LogP contribution in [0.1, 0.15) is 36.8 Å². The molecule has 0 saturated carbocycles. The van der Waals surface area contributed by atoms with Crippen LogP contribution in [0.5, 0.6) is 0 Å². The Morgan fingerprint density at radius 3 is 2.67 bits per heavy atom. The van der Waals surface area contributed by atoms with Gasteiger partial charge in [0, 0.05) is 31.2 Å². The molecule has 0 radical (unpaired) electrons. The summed E-state index contributed by atoms with van der Waals surface area (Å²) in [5.41, 5.74) is 2.18. The van der Waals surface area contributed by atoms with Crippen molar-refractivity contribution < 1.29 is 4.52 Å². The number of halogens is 2. The van der Waals surface area contributed by atoms with Gasteiger partial charge in [-0.1, -0.05) is 53.1 Å². The predicted octanol–water partition coefficient (Wildman–Crippen LogP) is 4.39. The summed E-state index contributed by atoms with van der Waals surface area (Å²) in [6.45, 7) is 5.51. The lowest BCUT2D eigenvalue weighted by molar-refractivity contribution is 0.368. The van der Waals surface area contributed by atoms with E-state index < -0.39 is 0 Å². The maximum atomic E-state index is 5.34. The second kappa shape index (κ2) is 10.0. The van der Waals surface area contributed by atoms with Crippen LogP contribution in [-0.4, -0.2) is 30.1 Å². The van der Waals surface area contributed by atoms with Gasteiger partial charge in [0.1, 0.15) is 0 Å². The SMILES string of the molecule is CN=C(NCc1cc(C(C)C)no1)N(C)Cc1ccccc1Br.I. The Morgan fingerprint density at radius 1 is 1.38 bits per heavy atom. The molecule has 2 rings (SSSR count). The fourth-order valence-corrected chi connectivity index (χ4v) is 2.60. The van der Waals surface area contributed by atoms with Crippen LogP contribution in [0, 0.1) is 0 Å². The second-order valence-corrected chi connectivity index (χ2v) is 6.58. The van der Waals surface area contributed by atoms with Crippen molar-refractivity contribution >= 4 is 45.9 Å². The lowest BCUT2D eigenvalue weighted by atomic mass is 10.1. The summed E-state index contributed by atoms with van der Waals surface area (Å²) in [7, 11) is 3.79. The molecule has 7 heteroatoms. The summed E-state index contributed by atoms with van der Waals surface area (Å²) in [5, 5.41) is 7.37. The molecule has 0 spiro atoms. The third-order valence-electron chi connectivity index (χ3n) is 3.53. The number of aromatic nitrogens is 1. The van der Waals surface area contributed by atoms with E-state index in [-0.39, 0.29) is 24.0 Å². The van der Waals surface area contributed by atoms with E-state index >= 15 is 0 Å². The largest absolute Gasteiger partial charge is 0.359 e. The molecule has 1 aromatic heterocycles. The lowest BCUT2D eigenvalue weighted by Gasteiger charge is -2.22. The smallest absolute Gasteiger partial charge is 0.194 e. The molecule has 0 aliphatic rings. The van der Waals surface area contributed by atoms with E-state index in [2.05, 4.69) is 56.2 Å². The van der Waals surface area contributed by atoms with Crippen molar-refractivity contribution in [2.45, 2.75) is 32.9 Å². The van der Waals surface area contributed by atoms with Gasteiger partial charge in [-0.2, -0.15) is 0 Å². The van der Waals surface area contributed by atoms with Crippen molar-refractivity contribution in [2.75, 3.05) is 14.1 Å². The average Bonchev–Trinajstić information content (AvgIpc) is 2.99. The first kappa shape index (κ1) is 21.0. The van der Waals surface area contributed by atoms with Crippen molar-refractivity contribution in [3.05, 3.63) is 51.8 Å². The Bertz CT molecular complexity index is 672. The molecular formula is C17H24BrIN4O. The van der Waals surface area contributed by atoms with Gasteiger partial charge in [-0.25, -0.2) is 0 Å². The number of benzene rings is 1. The Hall–Kier alpha value is -1.09. The molecule has 5 nitrogen and oxygen atoms in total. The van der Waals surface area contributed by atoms with Gasteiger partial charge >= 0.3 is 0 Å². The molecule has 0 aliphatic heterocycles. The zero-order valence-electron chi connectivity index (χ0n) is 14.4. The molecule has 1 heterocycles. The maximum Gasteiger partial charge on any atom is 0.194 e. The number of guanidine groups is 1. The number of nitrogens with zero attached hydrogens (tertiary/aromatic N) is 3. The number of hydrogen-bond acceptors (Lipinski definition) is 3. The molecular weight excluding hydrogens is 483 g/mol. The molecule has 0 unspecified atom stereocenters. The highest BCUT2D eigenvalue weighted by molar-refractivity contribution is 14.0. The quantitative estimate of drug-likeness (QED) is 0.371. The zero-order chi connectivity index (χ0) is 16.8. The number of rotatable bonds is 5. The topological polar surface area (TPSA) is 53.7 Å². The van der Waals surface area contributed by atoms with Crippen LogP contribution in [0.4, 0.5) is 0 Å². The zero-order valence-corrected chi connectivity index (χ0v) is 18.3. The Balaban J connectivity index is 0.00000288. The second-order valence-electron chi connectivity index (χ2n) is 5.72. The van der Waals surface area contributed by atoms with Gasteiger partial charge < -0.3 is 14.7 Å². The molecule has 0 fully saturated rings. The third kappa shape index (κ3) is 5.77. The van der Waals surface area contributed by atoms with Crippen molar-refractivity contribution in [3.63, 3.8) is 0 Å². The molecule has 0 atom stereocenters. The first-order chi connectivity index (χ1) is 11.0. The summed E-state index contributed by atoms with van der Waals surface area (Å²) in [5.74, 6) is 1.98. The highest BCUT2D eigenvalue weighted by Gasteiger charge is 2.11. The first-order valence-electron chi connectivity index (χ1n) is 7.62. The summed E-state index contributed by atoms with van der Waals surface area (Å²) in [4.78, 5) is 6.39.